The van der Waals surface area contributed by atoms with Crippen molar-refractivity contribution >= 4 is 22.9 Å². The first-order chi connectivity index (χ1) is 15.5. The first-order valence-corrected chi connectivity index (χ1v) is 10.7. The molecule has 3 heterocycles. The average Bonchev–Trinajstić information content (AvgIpc) is 3.52. The number of aromatic nitrogens is 2. The summed E-state index contributed by atoms with van der Waals surface area (Å²) < 4.78 is 9.78. The zero-order valence-corrected chi connectivity index (χ0v) is 17.7. The van der Waals surface area contributed by atoms with Crippen molar-refractivity contribution in [3.63, 3.8) is 0 Å². The van der Waals surface area contributed by atoms with Gasteiger partial charge in [0.25, 0.3) is 5.91 Å². The number of esters is 1. The Kier molecular flexibility index (Phi) is 5.36. The molecular formula is C23H24N4O5. The first-order valence-electron chi connectivity index (χ1n) is 10.7. The number of aliphatic hydroxyl groups excluding tert-OH is 1. The molecular weight excluding hydrogens is 412 g/mol. The number of hydrogen-bond acceptors (Lipinski definition) is 8. The molecule has 1 amide bonds. The van der Waals surface area contributed by atoms with Crippen LogP contribution < -0.4 is 5.32 Å². The maximum atomic E-state index is 12.5. The summed E-state index contributed by atoms with van der Waals surface area (Å²) in [5.41, 5.74) is 4.90. The van der Waals surface area contributed by atoms with E-state index in [-0.39, 0.29) is 18.5 Å². The van der Waals surface area contributed by atoms with Gasteiger partial charge in [-0.2, -0.15) is 0 Å². The second kappa shape index (κ2) is 8.33. The van der Waals surface area contributed by atoms with Crippen LogP contribution in [0.4, 0.5) is 0 Å². The summed E-state index contributed by atoms with van der Waals surface area (Å²) >= 11 is 0. The van der Waals surface area contributed by atoms with Gasteiger partial charge in [-0.1, -0.05) is 6.07 Å². The van der Waals surface area contributed by atoms with Crippen LogP contribution in [-0.2, 0) is 11.3 Å². The number of β-amino-alcohol motifs (C(OH)–C–C–N with tert-alkyl or cyclic N) is 1. The fraction of sp³-hybridized carbons (Fsp3) is 0.391. The molecule has 9 nitrogen and oxygen atoms in total. The maximum absolute atomic E-state index is 12.5. The lowest BCUT2D eigenvalue weighted by Crippen LogP contribution is -2.32. The molecule has 2 atom stereocenters. The van der Waals surface area contributed by atoms with Gasteiger partial charge < -0.3 is 20.1 Å². The van der Waals surface area contributed by atoms with Crippen LogP contribution in [0.5, 0.6) is 0 Å². The van der Waals surface area contributed by atoms with Gasteiger partial charge in [0.15, 0.2) is 0 Å². The number of fused-ring (bicyclic) bond motifs is 2. The van der Waals surface area contributed by atoms with Crippen molar-refractivity contribution in [1.29, 1.82) is 0 Å². The van der Waals surface area contributed by atoms with E-state index in [1.165, 1.54) is 0 Å². The van der Waals surface area contributed by atoms with Gasteiger partial charge >= 0.3 is 5.97 Å². The minimum Gasteiger partial charge on any atom is -0.457 e. The quantitative estimate of drug-likeness (QED) is 0.564. The van der Waals surface area contributed by atoms with E-state index in [2.05, 4.69) is 25.2 Å². The Bertz CT molecular complexity index is 1190. The molecule has 1 aromatic heterocycles. The number of carbonyl (C=O) groups excluding carboxylic acids is 2. The van der Waals surface area contributed by atoms with Crippen LogP contribution in [0.15, 0.2) is 35.0 Å². The smallest absolute Gasteiger partial charge is 0.338 e. The molecule has 1 fully saturated rings. The van der Waals surface area contributed by atoms with E-state index in [0.29, 0.717) is 41.2 Å². The normalized spacial score (nSPS) is 19.2. The molecule has 1 saturated heterocycles. The number of benzene rings is 2. The lowest BCUT2D eigenvalue weighted by Gasteiger charge is -2.22. The average molecular weight is 436 g/mol. The van der Waals surface area contributed by atoms with E-state index in [4.69, 9.17) is 4.74 Å². The third-order valence-corrected chi connectivity index (χ3v) is 6.44. The lowest BCUT2D eigenvalue weighted by atomic mass is 9.95. The number of nitrogens with one attached hydrogen (secondary N) is 1. The zero-order chi connectivity index (χ0) is 22.2. The molecule has 3 aromatic rings. The molecule has 0 radical (unpaired) electrons. The largest absolute Gasteiger partial charge is 0.457 e. The van der Waals surface area contributed by atoms with Crippen LogP contribution in [0.25, 0.3) is 11.0 Å². The number of likely N-dealkylation sites (tertiary alicyclic amines) is 1. The number of carbonyl (C=O) groups is 2. The predicted octanol–water partition coefficient (Wildman–Crippen LogP) is 1.99. The topological polar surface area (TPSA) is 118 Å². The van der Waals surface area contributed by atoms with Gasteiger partial charge in [-0.15, -0.1) is 0 Å². The van der Waals surface area contributed by atoms with Crippen molar-refractivity contribution < 1.29 is 24.1 Å². The third kappa shape index (κ3) is 3.85. The van der Waals surface area contributed by atoms with Crippen molar-refractivity contribution in [3.05, 3.63) is 58.1 Å². The highest BCUT2D eigenvalue weighted by atomic mass is 16.6. The molecule has 2 aliphatic heterocycles. The molecule has 2 unspecified atom stereocenters. The van der Waals surface area contributed by atoms with E-state index in [9.17, 15) is 14.7 Å². The Morgan fingerprint density at radius 3 is 3.00 bits per heavy atom. The molecule has 5 rings (SSSR count). The van der Waals surface area contributed by atoms with Crippen molar-refractivity contribution in [1.82, 2.24) is 20.5 Å². The number of ether oxygens (including phenoxy) is 1. The highest BCUT2D eigenvalue weighted by molar-refractivity contribution is 5.97. The zero-order valence-electron chi connectivity index (χ0n) is 17.7. The van der Waals surface area contributed by atoms with Crippen LogP contribution >= 0.6 is 0 Å². The van der Waals surface area contributed by atoms with E-state index in [0.717, 1.165) is 36.2 Å². The fourth-order valence-electron chi connectivity index (χ4n) is 4.58. The van der Waals surface area contributed by atoms with Gasteiger partial charge in [-0.05, 0) is 71.5 Å². The summed E-state index contributed by atoms with van der Waals surface area (Å²) in [7, 11) is 0. The second-order valence-electron chi connectivity index (χ2n) is 8.49. The van der Waals surface area contributed by atoms with Crippen molar-refractivity contribution in [3.8, 4) is 0 Å². The van der Waals surface area contributed by atoms with E-state index in [1.807, 2.05) is 13.0 Å². The lowest BCUT2D eigenvalue weighted by molar-refractivity contribution is 0.0534. The van der Waals surface area contributed by atoms with Crippen LogP contribution in [0, 0.1) is 12.8 Å². The van der Waals surface area contributed by atoms with Crippen LogP contribution in [0.1, 0.15) is 49.9 Å². The molecule has 0 aliphatic carbocycles. The Balaban J connectivity index is 1.15. The highest BCUT2D eigenvalue weighted by Crippen LogP contribution is 2.30. The third-order valence-electron chi connectivity index (χ3n) is 6.44. The number of aliphatic hydroxyl groups is 1. The van der Waals surface area contributed by atoms with E-state index >= 15 is 0 Å². The van der Waals surface area contributed by atoms with Crippen molar-refractivity contribution in [2.24, 2.45) is 5.92 Å². The van der Waals surface area contributed by atoms with Gasteiger partial charge in [-0.3, -0.25) is 4.79 Å². The van der Waals surface area contributed by atoms with Crippen LogP contribution in [-0.4, -0.2) is 58.4 Å². The number of hydrogen-bond donors (Lipinski definition) is 2. The monoisotopic (exact) mass is 436 g/mol. The molecule has 9 heteroatoms. The molecule has 0 spiro atoms. The summed E-state index contributed by atoms with van der Waals surface area (Å²) in [6.45, 7) is 4.93. The van der Waals surface area contributed by atoms with Crippen LogP contribution in [0.3, 0.4) is 0 Å². The maximum Gasteiger partial charge on any atom is 0.338 e. The number of amides is 1. The van der Waals surface area contributed by atoms with Gasteiger partial charge in [0.05, 0.1) is 11.7 Å². The second-order valence-corrected chi connectivity index (χ2v) is 8.49. The number of nitrogens with zero attached hydrogens (tertiary/aromatic N) is 3. The molecule has 2 aliphatic rings. The molecule has 2 aromatic carbocycles. The summed E-state index contributed by atoms with van der Waals surface area (Å²) in [4.78, 5) is 26.4. The molecule has 0 saturated carbocycles. The fourth-order valence-corrected chi connectivity index (χ4v) is 4.58. The Hall–Kier alpha value is -3.30. The highest BCUT2D eigenvalue weighted by Gasteiger charge is 2.28. The molecule has 0 bridgehead atoms. The van der Waals surface area contributed by atoms with Crippen LogP contribution in [0.2, 0.25) is 0 Å². The Morgan fingerprint density at radius 1 is 1.28 bits per heavy atom. The van der Waals surface area contributed by atoms with Gasteiger partial charge in [0.2, 0.25) is 0 Å². The number of rotatable bonds is 6. The SMILES string of the molecule is Cc1c(C(O)CN2CCC(CNC(=O)c3ccc4nonc4c3)C2)ccc2c1COC2=O. The Labute approximate surface area is 184 Å². The van der Waals surface area contributed by atoms with Crippen molar-refractivity contribution in [2.45, 2.75) is 26.1 Å². The summed E-state index contributed by atoms with van der Waals surface area (Å²) in [6, 6.07) is 8.64. The molecule has 2 N–H and O–H groups in total. The minimum atomic E-state index is -0.646. The predicted molar refractivity (Wildman–Crippen MR) is 114 cm³/mol. The van der Waals surface area contributed by atoms with E-state index < -0.39 is 6.10 Å². The molecule has 32 heavy (non-hydrogen) atoms. The van der Waals surface area contributed by atoms with Gasteiger partial charge in [-0.25, -0.2) is 9.42 Å². The van der Waals surface area contributed by atoms with Crippen molar-refractivity contribution in [2.75, 3.05) is 26.2 Å². The van der Waals surface area contributed by atoms with E-state index in [1.54, 1.807) is 24.3 Å². The first kappa shape index (κ1) is 20.6. The Morgan fingerprint density at radius 2 is 2.12 bits per heavy atom. The summed E-state index contributed by atoms with van der Waals surface area (Å²) in [6.07, 6.45) is 0.303. The van der Waals surface area contributed by atoms with Gasteiger partial charge in [0, 0.05) is 30.8 Å². The molecule has 166 valence electrons. The standard InChI is InChI=1S/C23H24N4O5/c1-13-16(3-4-17-18(13)12-31-23(17)30)21(28)11-27-7-6-14(10-27)9-24-22(29)15-2-5-19-20(8-15)26-32-25-19/h2-5,8,14,21,28H,6-7,9-12H2,1H3,(H,24,29). The summed E-state index contributed by atoms with van der Waals surface area (Å²) in [5, 5.41) is 21.3. The number of cyclic esters (lactones) is 1. The van der Waals surface area contributed by atoms with Gasteiger partial charge in [0.1, 0.15) is 17.6 Å². The minimum absolute atomic E-state index is 0.154. The summed E-state index contributed by atoms with van der Waals surface area (Å²) in [5.74, 6) is -0.138.